The normalized spacial score (nSPS) is 11.6. The van der Waals surface area contributed by atoms with Gasteiger partial charge in [-0.3, -0.25) is 27.2 Å². The number of rotatable bonds is 6. The number of benzene rings is 9. The lowest BCUT2D eigenvalue weighted by atomic mass is 10.1. The number of nitrogens with zero attached hydrogens (tertiary/aromatic N) is 12. The van der Waals surface area contributed by atoms with E-state index < -0.39 is 0 Å². The summed E-state index contributed by atoms with van der Waals surface area (Å²) in [4.78, 5) is 0. The molecule has 0 radical (unpaired) electrons. The fourth-order valence-electron chi connectivity index (χ4n) is 21.3. The van der Waals surface area contributed by atoms with E-state index in [1.165, 1.54) is 268 Å². The molecule has 0 amide bonds. The first-order chi connectivity index (χ1) is 63.6. The third kappa shape index (κ3) is 14.0. The van der Waals surface area contributed by atoms with Crippen molar-refractivity contribution in [3.05, 3.63) is 426 Å². The van der Waals surface area contributed by atoms with Crippen LogP contribution in [-0.4, -0.2) is 53.8 Å². The van der Waals surface area contributed by atoms with Crippen molar-refractivity contribution in [1.29, 1.82) is 0 Å². The highest BCUT2D eigenvalue weighted by atomic mass is 15.2. The van der Waals surface area contributed by atoms with Gasteiger partial charge in [-0.25, -0.2) is 0 Å². The van der Waals surface area contributed by atoms with Crippen molar-refractivity contribution >= 4 is 99.7 Å². The number of fused-ring (bicyclic) bond motifs is 18. The fourth-order valence-corrected chi connectivity index (χ4v) is 21.3. The van der Waals surface area contributed by atoms with E-state index in [9.17, 15) is 0 Å². The second-order valence-electron chi connectivity index (χ2n) is 37.0. The summed E-state index contributed by atoms with van der Waals surface area (Å²) in [6.07, 6.45) is 11.0. The molecule has 660 valence electrons. The molecule has 0 saturated carbocycles. The van der Waals surface area contributed by atoms with Crippen LogP contribution in [0.5, 0.6) is 0 Å². The molecule has 0 aliphatic rings. The van der Waals surface area contributed by atoms with E-state index in [0.29, 0.717) is 0 Å². The van der Waals surface area contributed by atoms with Crippen molar-refractivity contribution in [2.45, 2.75) is 166 Å². The molecular formula is C120H120N12. The lowest BCUT2D eigenvalue weighted by molar-refractivity contribution is 0.979. The Bertz CT molecular complexity index is 8210. The molecule has 15 heterocycles. The minimum Gasteiger partial charge on any atom is -0.315 e. The Labute approximate surface area is 774 Å². The predicted octanol–water partition coefficient (Wildman–Crippen LogP) is 30.7. The third-order valence-corrected chi connectivity index (χ3v) is 28.6. The van der Waals surface area contributed by atoms with Crippen molar-refractivity contribution in [2.75, 3.05) is 0 Å². The number of hydrogen-bond donors (Lipinski definition) is 0. The zero-order valence-electron chi connectivity index (χ0n) is 81.1. The third-order valence-electron chi connectivity index (χ3n) is 28.6. The van der Waals surface area contributed by atoms with E-state index in [1.54, 1.807) is 0 Å². The van der Waals surface area contributed by atoms with Gasteiger partial charge in [0.25, 0.3) is 0 Å². The van der Waals surface area contributed by atoms with Crippen LogP contribution in [0.4, 0.5) is 0 Å². The van der Waals surface area contributed by atoms with Gasteiger partial charge in [-0.2, -0.15) is 0 Å². The van der Waals surface area contributed by atoms with E-state index >= 15 is 0 Å². The van der Waals surface area contributed by atoms with Crippen LogP contribution in [0.3, 0.4) is 0 Å². The van der Waals surface area contributed by atoms with Crippen LogP contribution in [0.1, 0.15) is 134 Å². The van der Waals surface area contributed by atoms with Gasteiger partial charge < -0.3 is 26.6 Å². The topological polar surface area (TPSA) is 56.0 Å². The molecule has 24 aromatic rings. The van der Waals surface area contributed by atoms with Crippen molar-refractivity contribution in [3.8, 4) is 34.1 Å². The molecule has 0 bridgehead atoms. The highest BCUT2D eigenvalue weighted by Crippen LogP contribution is 2.41. The van der Waals surface area contributed by atoms with Crippen LogP contribution in [0, 0.1) is 166 Å². The standard InChI is InChI=1S/6C20H20N2/c1-13-8-7-9-14(2)19(13)22-16(4)15(3)20-18(22)12-17-10-5-6-11-21(17)20;2*1-13-8-7-9-14(2)19(13)22-16(4)15(3)18-12-17-10-5-6-11-21(17)20(18)22;2*1-13-8-7-9-14(2)19(13)22-18-11-6-5-10-17(18)21-12-15(3)16(4)20(21)22;1-13-8-7-9-14(2)20(13)22-18-11-6-5-10-17(18)21-16(4)15(3)12-19(21)22/h6*5-12H,1-4H3. The average Bonchev–Trinajstić information content (AvgIpc) is 1.60. The first kappa shape index (κ1) is 86.5. The van der Waals surface area contributed by atoms with Crippen LogP contribution < -0.4 is 0 Å². The maximum Gasteiger partial charge on any atom is 0.129 e. The van der Waals surface area contributed by atoms with E-state index in [1.807, 2.05) is 0 Å². The molecule has 9 aromatic carbocycles. The Morgan fingerprint density at radius 1 is 0.174 bits per heavy atom. The second-order valence-corrected chi connectivity index (χ2v) is 37.0. The average molecular weight is 1730 g/mol. The van der Waals surface area contributed by atoms with Crippen molar-refractivity contribution < 1.29 is 0 Å². The number of para-hydroxylation sites is 12. The molecule has 132 heavy (non-hydrogen) atoms. The van der Waals surface area contributed by atoms with Crippen molar-refractivity contribution in [3.63, 3.8) is 0 Å². The minimum absolute atomic E-state index is 1.24. The zero-order chi connectivity index (χ0) is 92.6. The maximum absolute atomic E-state index is 2.42. The number of pyridine rings is 3. The largest absolute Gasteiger partial charge is 0.315 e. The van der Waals surface area contributed by atoms with Crippen LogP contribution in [-0.2, 0) is 0 Å². The van der Waals surface area contributed by atoms with Gasteiger partial charge in [0, 0.05) is 81.1 Å². The van der Waals surface area contributed by atoms with Gasteiger partial charge in [0.2, 0.25) is 0 Å². The summed E-state index contributed by atoms with van der Waals surface area (Å²) in [6, 6.07) is 93.3. The summed E-state index contributed by atoms with van der Waals surface area (Å²) in [6.45, 7) is 52.8. The molecule has 0 fully saturated rings. The van der Waals surface area contributed by atoms with Gasteiger partial charge >= 0.3 is 0 Å². The van der Waals surface area contributed by atoms with Gasteiger partial charge in [-0.05, 0) is 375 Å². The van der Waals surface area contributed by atoms with E-state index in [4.69, 9.17) is 0 Å². The quantitative estimate of drug-likeness (QED) is 0.159. The lowest BCUT2D eigenvalue weighted by Gasteiger charge is -2.15. The molecule has 0 aliphatic carbocycles. The SMILES string of the molecule is Cc1cccc(C)c1-n1c(C)c(C)c2c1cc1ccccn12.Cc1cccc(C)c1-n1c(C)c(C)c2cc3ccccn3c21.Cc1cccc(C)c1-n1c(C)c(C)c2cc3ccccn3c21.Cc1cccc(C)c1-n1c2ccccc2n2c(C)c(C)cc12.Cc1cccc(C)c1-n1c2ccccc2n2cc(C)c(C)c12.Cc1cccc(C)c1-n1c2ccccc2n2cc(C)c(C)c12. The first-order valence-electron chi connectivity index (χ1n) is 46.4. The molecule has 12 nitrogen and oxygen atoms in total. The molecule has 0 N–H and O–H groups in total. The Morgan fingerprint density at radius 3 is 0.826 bits per heavy atom. The molecule has 0 atom stereocenters. The van der Waals surface area contributed by atoms with Gasteiger partial charge in [0.15, 0.2) is 0 Å². The summed E-state index contributed by atoms with van der Waals surface area (Å²) in [5, 5.41) is 2.68. The monoisotopic (exact) mass is 1730 g/mol. The molecule has 0 saturated heterocycles. The summed E-state index contributed by atoms with van der Waals surface area (Å²) < 4.78 is 28.4. The summed E-state index contributed by atoms with van der Waals surface area (Å²) in [5.41, 5.74) is 59.8. The number of hydrogen-bond acceptors (Lipinski definition) is 0. The molecule has 24 rings (SSSR count). The van der Waals surface area contributed by atoms with E-state index in [-0.39, 0.29) is 0 Å². The number of aryl methyl sites for hydroxylation is 21. The fraction of sp³-hybridized carbons (Fsp3) is 0.200. The lowest BCUT2D eigenvalue weighted by Crippen LogP contribution is -2.04. The van der Waals surface area contributed by atoms with Crippen LogP contribution >= 0.6 is 0 Å². The van der Waals surface area contributed by atoms with Crippen molar-refractivity contribution in [2.24, 2.45) is 0 Å². The summed E-state index contributed by atoms with van der Waals surface area (Å²) in [5.74, 6) is 0. The Kier molecular flexibility index (Phi) is 22.2. The summed E-state index contributed by atoms with van der Waals surface area (Å²) >= 11 is 0. The second kappa shape index (κ2) is 33.9. The maximum atomic E-state index is 2.42. The van der Waals surface area contributed by atoms with Gasteiger partial charge in [-0.15, -0.1) is 0 Å². The zero-order valence-corrected chi connectivity index (χ0v) is 81.1. The van der Waals surface area contributed by atoms with Gasteiger partial charge in [-0.1, -0.05) is 164 Å². The molecular weight excluding hydrogens is 1610 g/mol. The van der Waals surface area contributed by atoms with E-state index in [0.717, 1.165) is 0 Å². The van der Waals surface area contributed by atoms with Gasteiger partial charge in [0.05, 0.1) is 78.3 Å². The van der Waals surface area contributed by atoms with E-state index in [2.05, 4.69) is 512 Å². The highest BCUT2D eigenvalue weighted by molar-refractivity contribution is 5.95. The first-order valence-corrected chi connectivity index (χ1v) is 46.4. The predicted molar refractivity (Wildman–Crippen MR) is 559 cm³/mol. The highest BCUT2D eigenvalue weighted by Gasteiger charge is 2.26. The molecule has 12 heteroatoms. The molecule has 0 aliphatic heterocycles. The van der Waals surface area contributed by atoms with Crippen LogP contribution in [0.15, 0.2) is 292 Å². The Balaban J connectivity index is 0.000000102. The van der Waals surface area contributed by atoms with Crippen LogP contribution in [0.25, 0.3) is 134 Å². The molecule has 0 spiro atoms. The number of imidazole rings is 3. The van der Waals surface area contributed by atoms with Crippen LogP contribution in [0.2, 0.25) is 0 Å². The Hall–Kier alpha value is -14.9. The van der Waals surface area contributed by atoms with Crippen molar-refractivity contribution in [1.82, 2.24) is 53.8 Å². The summed E-state index contributed by atoms with van der Waals surface area (Å²) in [7, 11) is 0. The molecule has 15 aromatic heterocycles. The van der Waals surface area contributed by atoms with Gasteiger partial charge in [0.1, 0.15) is 28.2 Å². The number of aromatic nitrogens is 12. The smallest absolute Gasteiger partial charge is 0.129 e. The minimum atomic E-state index is 1.24. The Morgan fingerprint density at radius 2 is 0.462 bits per heavy atom. The molecule has 0 unspecified atom stereocenters.